The molecule has 0 aliphatic carbocycles. The van der Waals surface area contributed by atoms with Crippen LogP contribution in [0.1, 0.15) is 56.1 Å². The molecule has 29 heavy (non-hydrogen) atoms. The highest BCUT2D eigenvalue weighted by molar-refractivity contribution is 5.87. The van der Waals surface area contributed by atoms with Gasteiger partial charge in [0.25, 0.3) is 0 Å². The molecule has 0 heterocycles. The first-order valence-corrected chi connectivity index (χ1v) is 10.5. The van der Waals surface area contributed by atoms with E-state index in [9.17, 15) is 9.59 Å². The lowest BCUT2D eigenvalue weighted by molar-refractivity contribution is -0.128. The highest BCUT2D eigenvalue weighted by Crippen LogP contribution is 2.27. The summed E-state index contributed by atoms with van der Waals surface area (Å²) in [6.45, 7) is 2.91. The normalized spacial score (nSPS) is 11.8. The standard InChI is InChI=1S/C24H33N3O2/c1-19(27-23(28)15-9-4-10-17-25)24(29)26-18-16-22(20-11-5-2-6-12-20)21-13-7-3-8-14-21/h2-3,5-8,11-14,19,22H,4,9-10,15-18,25H2,1H3,(H,26,29)(H,27,28). The molecule has 2 rings (SSSR count). The third-order valence-corrected chi connectivity index (χ3v) is 5.01. The van der Waals surface area contributed by atoms with Crippen LogP contribution in [0.2, 0.25) is 0 Å². The lowest BCUT2D eigenvalue weighted by Crippen LogP contribution is -2.45. The Bertz CT molecular complexity index is 695. The Hall–Kier alpha value is -2.66. The summed E-state index contributed by atoms with van der Waals surface area (Å²) in [5.74, 6) is -0.0264. The first-order valence-electron chi connectivity index (χ1n) is 10.5. The van der Waals surface area contributed by atoms with Crippen LogP contribution >= 0.6 is 0 Å². The van der Waals surface area contributed by atoms with E-state index in [0.29, 0.717) is 19.5 Å². The summed E-state index contributed by atoms with van der Waals surface area (Å²) in [5.41, 5.74) is 7.91. The highest BCUT2D eigenvalue weighted by atomic mass is 16.2. The van der Waals surface area contributed by atoms with E-state index in [1.54, 1.807) is 6.92 Å². The zero-order valence-corrected chi connectivity index (χ0v) is 17.3. The fourth-order valence-electron chi connectivity index (χ4n) is 3.38. The highest BCUT2D eigenvalue weighted by Gasteiger charge is 2.17. The molecular weight excluding hydrogens is 362 g/mol. The SMILES string of the molecule is CC(NC(=O)CCCCCN)C(=O)NCCC(c1ccccc1)c1ccccc1. The van der Waals surface area contributed by atoms with Crippen molar-refractivity contribution >= 4 is 11.8 Å². The second-order valence-electron chi connectivity index (χ2n) is 7.34. The molecule has 4 N–H and O–H groups in total. The Labute approximate surface area is 174 Å². The second-order valence-corrected chi connectivity index (χ2v) is 7.34. The molecule has 2 aromatic carbocycles. The maximum absolute atomic E-state index is 12.4. The van der Waals surface area contributed by atoms with Crippen LogP contribution in [0.15, 0.2) is 60.7 Å². The molecule has 0 saturated carbocycles. The number of rotatable bonds is 12. The molecule has 0 saturated heterocycles. The molecular formula is C24H33N3O2. The molecule has 0 bridgehead atoms. The molecule has 2 amide bonds. The average Bonchev–Trinajstić information content (AvgIpc) is 2.75. The molecule has 0 fully saturated rings. The predicted octanol–water partition coefficient (Wildman–Crippen LogP) is 3.35. The topological polar surface area (TPSA) is 84.2 Å². The third-order valence-electron chi connectivity index (χ3n) is 5.01. The number of carbonyl (C=O) groups excluding carboxylic acids is 2. The van der Waals surface area contributed by atoms with E-state index in [-0.39, 0.29) is 17.7 Å². The van der Waals surface area contributed by atoms with Crippen molar-refractivity contribution in [3.8, 4) is 0 Å². The monoisotopic (exact) mass is 395 g/mol. The lowest BCUT2D eigenvalue weighted by atomic mass is 9.88. The quantitative estimate of drug-likeness (QED) is 0.482. The van der Waals surface area contributed by atoms with Gasteiger partial charge in [0.05, 0.1) is 0 Å². The van der Waals surface area contributed by atoms with E-state index in [1.807, 2.05) is 36.4 Å². The van der Waals surface area contributed by atoms with Crippen molar-refractivity contribution in [1.82, 2.24) is 10.6 Å². The van der Waals surface area contributed by atoms with Gasteiger partial charge in [-0.25, -0.2) is 0 Å². The first kappa shape index (κ1) is 22.6. The lowest BCUT2D eigenvalue weighted by Gasteiger charge is -2.19. The Morgan fingerprint density at radius 3 is 2.03 bits per heavy atom. The van der Waals surface area contributed by atoms with Crippen LogP contribution in [0.4, 0.5) is 0 Å². The summed E-state index contributed by atoms with van der Waals surface area (Å²) < 4.78 is 0. The van der Waals surface area contributed by atoms with Gasteiger partial charge in [0.15, 0.2) is 0 Å². The molecule has 2 aromatic rings. The molecule has 5 heteroatoms. The maximum Gasteiger partial charge on any atom is 0.242 e. The van der Waals surface area contributed by atoms with Crippen LogP contribution in [-0.4, -0.2) is 30.9 Å². The van der Waals surface area contributed by atoms with Gasteiger partial charge in [0.2, 0.25) is 11.8 Å². The molecule has 0 spiro atoms. The van der Waals surface area contributed by atoms with E-state index in [1.165, 1.54) is 11.1 Å². The van der Waals surface area contributed by atoms with Crippen LogP contribution in [0.5, 0.6) is 0 Å². The van der Waals surface area contributed by atoms with Crippen molar-refractivity contribution in [2.24, 2.45) is 5.73 Å². The predicted molar refractivity (Wildman–Crippen MR) is 117 cm³/mol. The fourth-order valence-corrected chi connectivity index (χ4v) is 3.38. The number of amides is 2. The molecule has 0 aromatic heterocycles. The van der Waals surface area contributed by atoms with Crippen molar-refractivity contribution in [1.29, 1.82) is 0 Å². The Kier molecular flexibility index (Phi) is 9.93. The minimum absolute atomic E-state index is 0.0869. The van der Waals surface area contributed by atoms with Gasteiger partial charge in [-0.15, -0.1) is 0 Å². The number of hydrogen-bond acceptors (Lipinski definition) is 3. The molecule has 5 nitrogen and oxygen atoms in total. The van der Waals surface area contributed by atoms with Crippen molar-refractivity contribution in [3.63, 3.8) is 0 Å². The zero-order valence-electron chi connectivity index (χ0n) is 17.3. The van der Waals surface area contributed by atoms with Crippen molar-refractivity contribution in [3.05, 3.63) is 71.8 Å². The zero-order chi connectivity index (χ0) is 20.9. The number of nitrogens with two attached hydrogens (primary N) is 1. The molecule has 156 valence electrons. The van der Waals surface area contributed by atoms with Gasteiger partial charge in [-0.3, -0.25) is 9.59 Å². The summed E-state index contributed by atoms with van der Waals surface area (Å²) in [7, 11) is 0. The minimum Gasteiger partial charge on any atom is -0.354 e. The number of carbonyl (C=O) groups is 2. The number of hydrogen-bond donors (Lipinski definition) is 3. The smallest absolute Gasteiger partial charge is 0.242 e. The molecule has 0 aliphatic heterocycles. The van der Waals surface area contributed by atoms with E-state index in [4.69, 9.17) is 5.73 Å². The summed E-state index contributed by atoms with van der Waals surface area (Å²) in [6.07, 6.45) is 3.88. The van der Waals surface area contributed by atoms with Crippen LogP contribution in [0.3, 0.4) is 0 Å². The number of nitrogens with one attached hydrogen (secondary N) is 2. The molecule has 0 radical (unpaired) electrons. The second kappa shape index (κ2) is 12.7. The van der Waals surface area contributed by atoms with Gasteiger partial charge in [0.1, 0.15) is 6.04 Å². The van der Waals surface area contributed by atoms with Crippen LogP contribution in [0, 0.1) is 0 Å². The summed E-state index contributed by atoms with van der Waals surface area (Å²) in [6, 6.07) is 20.1. The largest absolute Gasteiger partial charge is 0.354 e. The van der Waals surface area contributed by atoms with Crippen molar-refractivity contribution < 1.29 is 9.59 Å². The Morgan fingerprint density at radius 1 is 0.897 bits per heavy atom. The summed E-state index contributed by atoms with van der Waals surface area (Å²) in [4.78, 5) is 24.3. The van der Waals surface area contributed by atoms with Gasteiger partial charge >= 0.3 is 0 Å². The Balaban J connectivity index is 1.82. The maximum atomic E-state index is 12.4. The van der Waals surface area contributed by atoms with Gasteiger partial charge in [-0.2, -0.15) is 0 Å². The van der Waals surface area contributed by atoms with Gasteiger partial charge in [0, 0.05) is 18.9 Å². The van der Waals surface area contributed by atoms with Crippen molar-refractivity contribution in [2.75, 3.05) is 13.1 Å². The van der Waals surface area contributed by atoms with Gasteiger partial charge < -0.3 is 16.4 Å². The summed E-state index contributed by atoms with van der Waals surface area (Å²) in [5, 5.41) is 5.74. The first-order chi connectivity index (χ1) is 14.1. The van der Waals surface area contributed by atoms with Gasteiger partial charge in [-0.05, 0) is 43.9 Å². The van der Waals surface area contributed by atoms with Gasteiger partial charge in [-0.1, -0.05) is 67.1 Å². The van der Waals surface area contributed by atoms with E-state index in [0.717, 1.165) is 25.7 Å². The van der Waals surface area contributed by atoms with Crippen LogP contribution < -0.4 is 16.4 Å². The van der Waals surface area contributed by atoms with E-state index >= 15 is 0 Å². The molecule has 1 unspecified atom stereocenters. The van der Waals surface area contributed by atoms with E-state index in [2.05, 4.69) is 34.9 Å². The van der Waals surface area contributed by atoms with E-state index < -0.39 is 6.04 Å². The Morgan fingerprint density at radius 2 is 1.48 bits per heavy atom. The summed E-state index contributed by atoms with van der Waals surface area (Å²) >= 11 is 0. The molecule has 1 atom stereocenters. The molecule has 0 aliphatic rings. The average molecular weight is 396 g/mol. The van der Waals surface area contributed by atoms with Crippen LogP contribution in [0.25, 0.3) is 0 Å². The van der Waals surface area contributed by atoms with Crippen LogP contribution in [-0.2, 0) is 9.59 Å². The van der Waals surface area contributed by atoms with Crippen molar-refractivity contribution in [2.45, 2.75) is 51.0 Å². The third kappa shape index (κ3) is 8.08. The minimum atomic E-state index is -0.538. The number of unbranched alkanes of at least 4 members (excludes halogenated alkanes) is 2. The number of benzene rings is 2. The fraction of sp³-hybridized carbons (Fsp3) is 0.417.